The molecule has 1 aliphatic heterocycles. The second-order valence-corrected chi connectivity index (χ2v) is 5.75. The van der Waals surface area contributed by atoms with Gasteiger partial charge >= 0.3 is 12.0 Å². The van der Waals surface area contributed by atoms with Gasteiger partial charge in [-0.1, -0.05) is 6.42 Å². The maximum Gasteiger partial charge on any atom is 0.317 e. The number of carbonyl (C=O) groups excluding carboxylic acids is 1. The average Bonchev–Trinajstić information content (AvgIpc) is 2.79. The SMILES string of the molecule is O=C(O)CC1(CNC(=O)N2CCCC2CO)CCC1. The van der Waals surface area contributed by atoms with E-state index in [1.807, 2.05) is 0 Å². The van der Waals surface area contributed by atoms with Crippen molar-refractivity contribution >= 4 is 12.0 Å². The molecule has 1 saturated heterocycles. The standard InChI is InChI=1S/C13H22N2O4/c16-8-10-3-1-6-15(10)12(19)14-9-13(4-2-5-13)7-11(17)18/h10,16H,1-9H2,(H,14,19)(H,17,18). The van der Waals surface area contributed by atoms with Gasteiger partial charge in [-0.05, 0) is 31.1 Å². The van der Waals surface area contributed by atoms with Crippen LogP contribution in [0.3, 0.4) is 0 Å². The molecule has 1 heterocycles. The molecule has 19 heavy (non-hydrogen) atoms. The van der Waals surface area contributed by atoms with Crippen LogP contribution in [0.5, 0.6) is 0 Å². The van der Waals surface area contributed by atoms with E-state index in [0.29, 0.717) is 13.1 Å². The first-order chi connectivity index (χ1) is 9.06. The van der Waals surface area contributed by atoms with Crippen LogP contribution in [0.1, 0.15) is 38.5 Å². The van der Waals surface area contributed by atoms with Crippen molar-refractivity contribution in [2.45, 2.75) is 44.6 Å². The number of aliphatic hydroxyl groups is 1. The zero-order valence-electron chi connectivity index (χ0n) is 11.1. The normalized spacial score (nSPS) is 24.9. The van der Waals surface area contributed by atoms with E-state index in [1.54, 1.807) is 4.90 Å². The van der Waals surface area contributed by atoms with Crippen LogP contribution >= 0.6 is 0 Å². The third-order valence-electron chi connectivity index (χ3n) is 4.40. The Bertz CT molecular complexity index is 355. The van der Waals surface area contributed by atoms with Gasteiger partial charge in [-0.3, -0.25) is 4.79 Å². The van der Waals surface area contributed by atoms with Crippen LogP contribution in [-0.4, -0.2) is 52.9 Å². The van der Waals surface area contributed by atoms with Crippen LogP contribution in [0.25, 0.3) is 0 Å². The van der Waals surface area contributed by atoms with Gasteiger partial charge in [0.05, 0.1) is 19.1 Å². The van der Waals surface area contributed by atoms with Gasteiger partial charge in [-0.2, -0.15) is 0 Å². The predicted octanol–water partition coefficient (Wildman–Crippen LogP) is 0.798. The number of carboxylic acid groups (broad SMARTS) is 1. The number of urea groups is 1. The molecule has 1 unspecified atom stereocenters. The largest absolute Gasteiger partial charge is 0.481 e. The number of aliphatic hydroxyl groups excluding tert-OH is 1. The number of carboxylic acids is 1. The number of nitrogens with one attached hydrogen (secondary N) is 1. The van der Waals surface area contributed by atoms with Crippen LogP contribution < -0.4 is 5.32 Å². The molecule has 0 spiro atoms. The van der Waals surface area contributed by atoms with Gasteiger partial charge in [-0.15, -0.1) is 0 Å². The summed E-state index contributed by atoms with van der Waals surface area (Å²) in [6.07, 6.45) is 4.64. The van der Waals surface area contributed by atoms with Crippen molar-refractivity contribution in [1.29, 1.82) is 0 Å². The molecule has 3 N–H and O–H groups in total. The Morgan fingerprint density at radius 1 is 1.32 bits per heavy atom. The molecule has 1 aliphatic carbocycles. The van der Waals surface area contributed by atoms with Crippen molar-refractivity contribution in [3.05, 3.63) is 0 Å². The molecule has 2 rings (SSSR count). The molecule has 0 radical (unpaired) electrons. The first kappa shape index (κ1) is 14.1. The third-order valence-corrected chi connectivity index (χ3v) is 4.40. The van der Waals surface area contributed by atoms with E-state index in [9.17, 15) is 14.7 Å². The maximum atomic E-state index is 12.0. The molecular weight excluding hydrogens is 248 g/mol. The van der Waals surface area contributed by atoms with Gasteiger partial charge in [-0.25, -0.2) is 4.79 Å². The van der Waals surface area contributed by atoms with Gasteiger partial charge in [0.15, 0.2) is 0 Å². The summed E-state index contributed by atoms with van der Waals surface area (Å²) in [4.78, 5) is 24.6. The van der Waals surface area contributed by atoms with Crippen LogP contribution in [0.2, 0.25) is 0 Å². The Balaban J connectivity index is 1.84. The Morgan fingerprint density at radius 2 is 2.05 bits per heavy atom. The predicted molar refractivity (Wildman–Crippen MR) is 68.7 cm³/mol. The minimum absolute atomic E-state index is 0.00626. The van der Waals surface area contributed by atoms with Crippen molar-refractivity contribution < 1.29 is 19.8 Å². The Kier molecular flexibility index (Phi) is 4.29. The van der Waals surface area contributed by atoms with Gasteiger partial charge < -0.3 is 20.4 Å². The summed E-state index contributed by atoms with van der Waals surface area (Å²) in [6, 6.07) is -0.259. The number of aliphatic carboxylic acids is 1. The lowest BCUT2D eigenvalue weighted by atomic mass is 9.66. The summed E-state index contributed by atoms with van der Waals surface area (Å²) in [6.45, 7) is 1.09. The fourth-order valence-corrected chi connectivity index (χ4v) is 3.07. The summed E-state index contributed by atoms with van der Waals surface area (Å²) < 4.78 is 0. The lowest BCUT2D eigenvalue weighted by molar-refractivity contribution is -0.141. The topological polar surface area (TPSA) is 89.9 Å². The Hall–Kier alpha value is -1.30. The lowest BCUT2D eigenvalue weighted by Crippen LogP contribution is -2.49. The molecule has 0 aromatic rings. The zero-order valence-corrected chi connectivity index (χ0v) is 11.1. The zero-order chi connectivity index (χ0) is 13.9. The summed E-state index contributed by atoms with van der Waals surface area (Å²) in [5.41, 5.74) is -0.254. The van der Waals surface area contributed by atoms with Crippen molar-refractivity contribution in [3.63, 3.8) is 0 Å². The molecule has 108 valence electrons. The lowest BCUT2D eigenvalue weighted by Gasteiger charge is -2.41. The van der Waals surface area contributed by atoms with Crippen LogP contribution in [0.15, 0.2) is 0 Å². The number of carbonyl (C=O) groups is 2. The maximum absolute atomic E-state index is 12.0. The summed E-state index contributed by atoms with van der Waals surface area (Å²) in [5, 5.41) is 21.0. The minimum Gasteiger partial charge on any atom is -0.481 e. The quantitative estimate of drug-likeness (QED) is 0.689. The highest BCUT2D eigenvalue weighted by Crippen LogP contribution is 2.43. The number of likely N-dealkylation sites (tertiary alicyclic amines) is 1. The van der Waals surface area contributed by atoms with E-state index in [2.05, 4.69) is 5.32 Å². The summed E-state index contributed by atoms with van der Waals surface area (Å²) in [5.74, 6) is -0.802. The highest BCUT2D eigenvalue weighted by atomic mass is 16.4. The molecular formula is C13H22N2O4. The molecule has 0 aromatic heterocycles. The Labute approximate surface area is 112 Å². The first-order valence-corrected chi connectivity index (χ1v) is 6.93. The van der Waals surface area contributed by atoms with E-state index in [-0.39, 0.29) is 30.5 Å². The molecule has 6 nitrogen and oxygen atoms in total. The van der Waals surface area contributed by atoms with Gasteiger partial charge in [0, 0.05) is 13.1 Å². The molecule has 2 fully saturated rings. The number of rotatable bonds is 5. The Morgan fingerprint density at radius 3 is 2.58 bits per heavy atom. The molecule has 6 heteroatoms. The van der Waals surface area contributed by atoms with Gasteiger partial charge in [0.1, 0.15) is 0 Å². The van der Waals surface area contributed by atoms with Crippen molar-refractivity contribution in [2.24, 2.45) is 5.41 Å². The number of hydrogen-bond donors (Lipinski definition) is 3. The number of nitrogens with zero attached hydrogens (tertiary/aromatic N) is 1. The van der Waals surface area contributed by atoms with Crippen LogP contribution in [0, 0.1) is 5.41 Å². The molecule has 1 saturated carbocycles. The molecule has 0 bridgehead atoms. The second-order valence-electron chi connectivity index (χ2n) is 5.75. The van der Waals surface area contributed by atoms with E-state index >= 15 is 0 Å². The second kappa shape index (κ2) is 5.77. The summed E-state index contributed by atoms with van der Waals surface area (Å²) >= 11 is 0. The first-order valence-electron chi connectivity index (χ1n) is 6.93. The van der Waals surface area contributed by atoms with E-state index in [1.165, 1.54) is 0 Å². The third kappa shape index (κ3) is 3.18. The van der Waals surface area contributed by atoms with E-state index in [4.69, 9.17) is 5.11 Å². The van der Waals surface area contributed by atoms with Crippen molar-refractivity contribution in [2.75, 3.05) is 19.7 Å². The monoisotopic (exact) mass is 270 g/mol. The highest BCUT2D eigenvalue weighted by molar-refractivity contribution is 5.75. The minimum atomic E-state index is -0.802. The molecule has 2 aliphatic rings. The van der Waals surface area contributed by atoms with Crippen LogP contribution in [0.4, 0.5) is 4.79 Å². The number of amides is 2. The van der Waals surface area contributed by atoms with Crippen molar-refractivity contribution in [1.82, 2.24) is 10.2 Å². The van der Waals surface area contributed by atoms with Crippen LogP contribution in [-0.2, 0) is 4.79 Å². The van der Waals surface area contributed by atoms with Crippen molar-refractivity contribution in [3.8, 4) is 0 Å². The molecule has 0 aromatic carbocycles. The van der Waals surface area contributed by atoms with Gasteiger partial charge in [0.2, 0.25) is 0 Å². The smallest absolute Gasteiger partial charge is 0.317 e. The number of hydrogen-bond acceptors (Lipinski definition) is 3. The van der Waals surface area contributed by atoms with E-state index < -0.39 is 5.97 Å². The highest BCUT2D eigenvalue weighted by Gasteiger charge is 2.40. The molecule has 1 atom stereocenters. The van der Waals surface area contributed by atoms with E-state index in [0.717, 1.165) is 32.1 Å². The van der Waals surface area contributed by atoms with Gasteiger partial charge in [0.25, 0.3) is 0 Å². The fraction of sp³-hybridized carbons (Fsp3) is 0.846. The average molecular weight is 270 g/mol. The summed E-state index contributed by atoms with van der Waals surface area (Å²) in [7, 11) is 0. The molecule has 2 amide bonds. The fourth-order valence-electron chi connectivity index (χ4n) is 3.07.